The largest absolute Gasteiger partial charge is 0.349 e. The maximum Gasteiger partial charge on any atom is 0.254 e. The fourth-order valence-electron chi connectivity index (χ4n) is 1.39. The predicted molar refractivity (Wildman–Crippen MR) is 66.1 cm³/mol. The Labute approximate surface area is 99.0 Å². The van der Waals surface area contributed by atoms with Crippen molar-refractivity contribution >= 4 is 5.91 Å². The molecule has 0 aliphatic carbocycles. The van der Waals surface area contributed by atoms with Gasteiger partial charge in [0.25, 0.3) is 5.91 Å². The molecule has 0 fully saturated rings. The van der Waals surface area contributed by atoms with Crippen LogP contribution in [-0.4, -0.2) is 17.6 Å². The summed E-state index contributed by atoms with van der Waals surface area (Å²) < 4.78 is 13.5. The summed E-state index contributed by atoms with van der Waals surface area (Å²) in [4.78, 5) is 11.4. The molecule has 0 saturated heterocycles. The summed E-state index contributed by atoms with van der Waals surface area (Å²) in [7, 11) is 0. The molecule has 2 nitrogen and oxygen atoms in total. The van der Waals surface area contributed by atoms with Crippen LogP contribution in [0.3, 0.4) is 0 Å². The highest BCUT2D eigenvalue weighted by molar-refractivity contribution is 5.81. The van der Waals surface area contributed by atoms with Crippen LogP contribution in [0.1, 0.15) is 60.8 Å². The maximum absolute atomic E-state index is 13.5. The monoisotopic (exact) mass is 231 g/mol. The van der Waals surface area contributed by atoms with Crippen LogP contribution in [0.4, 0.5) is 4.39 Å². The number of halogens is 1. The van der Waals surface area contributed by atoms with Gasteiger partial charge >= 0.3 is 0 Å². The number of nitrogens with one attached hydrogen (secondary N) is 1. The van der Waals surface area contributed by atoms with Gasteiger partial charge in [0.1, 0.15) is 0 Å². The number of rotatable bonds is 4. The third kappa shape index (κ3) is 8.69. The number of alkyl halides is 1. The smallest absolute Gasteiger partial charge is 0.254 e. The van der Waals surface area contributed by atoms with Gasteiger partial charge in [-0.1, -0.05) is 20.8 Å². The van der Waals surface area contributed by atoms with E-state index in [2.05, 4.69) is 26.1 Å². The lowest BCUT2D eigenvalue weighted by Gasteiger charge is -2.22. The molecule has 0 saturated carbocycles. The molecule has 0 aromatic carbocycles. The standard InChI is InChI=1S/C13H26FNO/c1-12(2,3)9-7-8-10(14)11(16)15-13(4,5)6/h10H,7-9H2,1-6H3,(H,15,16). The van der Waals surface area contributed by atoms with Crippen LogP contribution < -0.4 is 5.32 Å². The molecule has 0 radical (unpaired) electrons. The zero-order valence-electron chi connectivity index (χ0n) is 11.5. The van der Waals surface area contributed by atoms with Gasteiger partial charge in [-0.15, -0.1) is 0 Å². The van der Waals surface area contributed by atoms with E-state index in [4.69, 9.17) is 0 Å². The second-order valence-electron chi connectivity index (χ2n) is 6.66. The number of amides is 1. The summed E-state index contributed by atoms with van der Waals surface area (Å²) in [5.74, 6) is -0.485. The first-order chi connectivity index (χ1) is 7.01. The molecule has 3 heteroatoms. The summed E-state index contributed by atoms with van der Waals surface area (Å²) >= 11 is 0. The normalized spacial score (nSPS) is 14.7. The highest BCUT2D eigenvalue weighted by Gasteiger charge is 2.22. The molecular formula is C13H26FNO. The van der Waals surface area contributed by atoms with Gasteiger partial charge in [0.2, 0.25) is 0 Å². The minimum atomic E-state index is -1.37. The lowest BCUT2D eigenvalue weighted by Crippen LogP contribution is -2.44. The van der Waals surface area contributed by atoms with Gasteiger partial charge in [-0.2, -0.15) is 0 Å². The summed E-state index contributed by atoms with van der Waals surface area (Å²) in [6, 6.07) is 0. The molecule has 0 rings (SSSR count). The first kappa shape index (κ1) is 15.4. The average molecular weight is 231 g/mol. The van der Waals surface area contributed by atoms with E-state index in [9.17, 15) is 9.18 Å². The van der Waals surface area contributed by atoms with E-state index in [0.29, 0.717) is 6.42 Å². The Morgan fingerprint density at radius 3 is 2.06 bits per heavy atom. The third-order valence-electron chi connectivity index (χ3n) is 2.17. The lowest BCUT2D eigenvalue weighted by atomic mass is 9.89. The van der Waals surface area contributed by atoms with Gasteiger partial charge in [0, 0.05) is 5.54 Å². The number of hydrogen-bond donors (Lipinski definition) is 1. The van der Waals surface area contributed by atoms with Gasteiger partial charge in [0.15, 0.2) is 6.17 Å². The van der Waals surface area contributed by atoms with Crippen molar-refractivity contribution < 1.29 is 9.18 Å². The second-order valence-corrected chi connectivity index (χ2v) is 6.66. The quantitative estimate of drug-likeness (QED) is 0.788. The van der Waals surface area contributed by atoms with Crippen LogP contribution in [0.15, 0.2) is 0 Å². The van der Waals surface area contributed by atoms with Crippen molar-refractivity contribution in [3.8, 4) is 0 Å². The van der Waals surface area contributed by atoms with Crippen LogP contribution >= 0.6 is 0 Å². The summed E-state index contributed by atoms with van der Waals surface area (Å²) in [6.45, 7) is 11.9. The van der Waals surface area contributed by atoms with Crippen molar-refractivity contribution in [2.24, 2.45) is 5.41 Å². The van der Waals surface area contributed by atoms with E-state index in [0.717, 1.165) is 12.8 Å². The average Bonchev–Trinajstić information content (AvgIpc) is 1.98. The molecule has 1 amide bonds. The molecule has 1 N–H and O–H groups in total. The molecule has 1 unspecified atom stereocenters. The van der Waals surface area contributed by atoms with Crippen LogP contribution in [0.25, 0.3) is 0 Å². The van der Waals surface area contributed by atoms with Crippen LogP contribution in [0.2, 0.25) is 0 Å². The topological polar surface area (TPSA) is 29.1 Å². The molecule has 16 heavy (non-hydrogen) atoms. The first-order valence-electron chi connectivity index (χ1n) is 5.97. The molecule has 0 heterocycles. The Balaban J connectivity index is 3.89. The van der Waals surface area contributed by atoms with E-state index in [1.807, 2.05) is 20.8 Å². The lowest BCUT2D eigenvalue weighted by molar-refractivity contribution is -0.127. The van der Waals surface area contributed by atoms with Crippen molar-refractivity contribution in [2.45, 2.75) is 72.5 Å². The minimum Gasteiger partial charge on any atom is -0.349 e. The molecule has 0 aromatic rings. The third-order valence-corrected chi connectivity index (χ3v) is 2.17. The molecule has 0 spiro atoms. The Hall–Kier alpha value is -0.600. The Kier molecular flexibility index (Phi) is 5.43. The molecular weight excluding hydrogens is 205 g/mol. The van der Waals surface area contributed by atoms with Gasteiger partial charge < -0.3 is 5.32 Å². The van der Waals surface area contributed by atoms with Gasteiger partial charge in [0.05, 0.1) is 0 Å². The summed E-state index contributed by atoms with van der Waals surface area (Å²) in [5, 5.41) is 2.65. The molecule has 0 aromatic heterocycles. The fourth-order valence-corrected chi connectivity index (χ4v) is 1.39. The number of carbonyl (C=O) groups is 1. The van der Waals surface area contributed by atoms with Crippen LogP contribution in [0, 0.1) is 5.41 Å². The maximum atomic E-state index is 13.5. The molecule has 0 bridgehead atoms. The highest BCUT2D eigenvalue weighted by atomic mass is 19.1. The van der Waals surface area contributed by atoms with Crippen LogP contribution in [0.5, 0.6) is 0 Å². The van der Waals surface area contributed by atoms with E-state index < -0.39 is 12.1 Å². The Morgan fingerprint density at radius 1 is 1.19 bits per heavy atom. The predicted octanol–water partition coefficient (Wildman–Crippen LogP) is 3.46. The summed E-state index contributed by atoms with van der Waals surface area (Å²) in [6.07, 6.45) is 0.638. The number of hydrogen-bond acceptors (Lipinski definition) is 1. The number of carbonyl (C=O) groups excluding carboxylic acids is 1. The van der Waals surface area contributed by atoms with Gasteiger partial charge in [-0.05, 0) is 45.4 Å². The molecule has 96 valence electrons. The second kappa shape index (κ2) is 5.65. The Bertz CT molecular complexity index is 225. The van der Waals surface area contributed by atoms with Gasteiger partial charge in [-0.3, -0.25) is 4.79 Å². The van der Waals surface area contributed by atoms with Gasteiger partial charge in [-0.25, -0.2) is 4.39 Å². The van der Waals surface area contributed by atoms with Crippen molar-refractivity contribution in [1.29, 1.82) is 0 Å². The van der Waals surface area contributed by atoms with E-state index in [-0.39, 0.29) is 11.0 Å². The zero-order chi connectivity index (χ0) is 13.0. The first-order valence-corrected chi connectivity index (χ1v) is 5.97. The summed E-state index contributed by atoms with van der Waals surface area (Å²) in [5.41, 5.74) is -0.147. The van der Waals surface area contributed by atoms with Crippen molar-refractivity contribution in [1.82, 2.24) is 5.32 Å². The van der Waals surface area contributed by atoms with Crippen molar-refractivity contribution in [3.05, 3.63) is 0 Å². The molecule has 0 aliphatic rings. The zero-order valence-corrected chi connectivity index (χ0v) is 11.5. The fraction of sp³-hybridized carbons (Fsp3) is 0.923. The molecule has 1 atom stereocenters. The van der Waals surface area contributed by atoms with E-state index in [1.165, 1.54) is 0 Å². The minimum absolute atomic E-state index is 0.209. The van der Waals surface area contributed by atoms with Crippen LogP contribution in [-0.2, 0) is 4.79 Å². The molecule has 0 aliphatic heterocycles. The SMILES string of the molecule is CC(C)(C)CCCC(F)C(=O)NC(C)(C)C. The van der Waals surface area contributed by atoms with Crippen molar-refractivity contribution in [2.75, 3.05) is 0 Å². The highest BCUT2D eigenvalue weighted by Crippen LogP contribution is 2.22. The van der Waals surface area contributed by atoms with E-state index >= 15 is 0 Å². The Morgan fingerprint density at radius 2 is 1.69 bits per heavy atom. The van der Waals surface area contributed by atoms with E-state index in [1.54, 1.807) is 0 Å². The van der Waals surface area contributed by atoms with Crippen molar-refractivity contribution in [3.63, 3.8) is 0 Å².